The zero-order valence-corrected chi connectivity index (χ0v) is 21.4. The van der Waals surface area contributed by atoms with Gasteiger partial charge >= 0.3 is 0 Å². The molecular formula is C30H31FN4O3. The summed E-state index contributed by atoms with van der Waals surface area (Å²) in [6.07, 6.45) is 5.43. The van der Waals surface area contributed by atoms with E-state index in [1.807, 2.05) is 24.4 Å². The van der Waals surface area contributed by atoms with Gasteiger partial charge in [-0.25, -0.2) is 4.39 Å². The highest BCUT2D eigenvalue weighted by Gasteiger charge is 2.48. The Morgan fingerprint density at radius 1 is 1.18 bits per heavy atom. The number of nitrogens with one attached hydrogen (secondary N) is 1. The molecule has 2 aromatic carbocycles. The minimum Gasteiger partial charge on any atom is -0.497 e. The van der Waals surface area contributed by atoms with Gasteiger partial charge in [0.2, 0.25) is 0 Å². The topological polar surface area (TPSA) is 81.7 Å². The van der Waals surface area contributed by atoms with Gasteiger partial charge in [0.05, 0.1) is 19.8 Å². The number of carbonyl (C=O) groups excluding carboxylic acids is 1. The van der Waals surface area contributed by atoms with E-state index in [4.69, 9.17) is 4.74 Å². The number of pyridine rings is 1. The number of benzene rings is 2. The Kier molecular flexibility index (Phi) is 6.37. The molecule has 1 saturated heterocycles. The van der Waals surface area contributed by atoms with E-state index in [1.54, 1.807) is 18.2 Å². The fourth-order valence-electron chi connectivity index (χ4n) is 6.28. The molecule has 1 spiro atoms. The first-order valence-electron chi connectivity index (χ1n) is 13.0. The highest BCUT2D eigenvalue weighted by Crippen LogP contribution is 2.49. The first-order valence-corrected chi connectivity index (χ1v) is 13.0. The molecule has 0 radical (unpaired) electrons. The average Bonchev–Trinajstić information content (AvgIpc) is 3.34. The van der Waals surface area contributed by atoms with Crippen LogP contribution >= 0.6 is 0 Å². The lowest BCUT2D eigenvalue weighted by Gasteiger charge is -2.50. The summed E-state index contributed by atoms with van der Waals surface area (Å²) >= 11 is 0. The largest absolute Gasteiger partial charge is 0.497 e. The summed E-state index contributed by atoms with van der Waals surface area (Å²) in [6, 6.07) is 15.2. The number of aliphatic hydroxyl groups excluding tert-OH is 1. The van der Waals surface area contributed by atoms with Crippen LogP contribution in [0.2, 0.25) is 0 Å². The maximum absolute atomic E-state index is 13.8. The molecule has 0 aliphatic carbocycles. The molecule has 2 N–H and O–H groups in total. The van der Waals surface area contributed by atoms with Crippen molar-refractivity contribution in [1.82, 2.24) is 19.8 Å². The molecular weight excluding hydrogens is 483 g/mol. The normalized spacial score (nSPS) is 19.0. The number of aromatic nitrogens is 2. The Balaban J connectivity index is 1.40. The van der Waals surface area contributed by atoms with E-state index in [1.165, 1.54) is 35.4 Å². The summed E-state index contributed by atoms with van der Waals surface area (Å²) in [5.41, 5.74) is 4.31. The molecule has 2 aliphatic heterocycles. The number of halogens is 1. The third-order valence-corrected chi connectivity index (χ3v) is 8.21. The number of piperidine rings is 1. The summed E-state index contributed by atoms with van der Waals surface area (Å²) in [5, 5.41) is 11.7. The smallest absolute Gasteiger partial charge is 0.254 e. The highest BCUT2D eigenvalue weighted by atomic mass is 19.1. The molecule has 8 heteroatoms. The van der Waals surface area contributed by atoms with Gasteiger partial charge in [0, 0.05) is 59.1 Å². The Bertz CT molecular complexity index is 1450. The summed E-state index contributed by atoms with van der Waals surface area (Å²) in [4.78, 5) is 25.8. The zero-order valence-electron chi connectivity index (χ0n) is 21.4. The van der Waals surface area contributed by atoms with Crippen LogP contribution in [0.4, 0.5) is 4.39 Å². The summed E-state index contributed by atoms with van der Waals surface area (Å²) in [5.74, 6) is 0.155. The predicted molar refractivity (Wildman–Crippen MR) is 143 cm³/mol. The molecule has 1 fully saturated rings. The third kappa shape index (κ3) is 4.23. The minimum atomic E-state index is -0.528. The molecule has 0 unspecified atom stereocenters. The van der Waals surface area contributed by atoms with Crippen LogP contribution in [-0.2, 0) is 12.0 Å². The van der Waals surface area contributed by atoms with Crippen molar-refractivity contribution in [2.75, 3.05) is 33.4 Å². The molecule has 1 amide bonds. The Labute approximate surface area is 220 Å². The van der Waals surface area contributed by atoms with Crippen molar-refractivity contribution in [2.45, 2.75) is 30.8 Å². The fourth-order valence-corrected chi connectivity index (χ4v) is 6.28. The van der Waals surface area contributed by atoms with E-state index in [0.29, 0.717) is 12.1 Å². The van der Waals surface area contributed by atoms with Crippen molar-refractivity contribution < 1.29 is 19.0 Å². The fraction of sp³-hybridized carbons (Fsp3) is 0.333. The number of nitrogens with zero attached hydrogens (tertiary/aromatic N) is 3. The van der Waals surface area contributed by atoms with Crippen LogP contribution < -0.4 is 4.74 Å². The molecule has 7 nitrogen and oxygen atoms in total. The minimum absolute atomic E-state index is 0.205. The molecule has 2 aromatic heterocycles. The maximum atomic E-state index is 13.8. The van der Waals surface area contributed by atoms with Crippen molar-refractivity contribution in [3.63, 3.8) is 0 Å². The lowest BCUT2D eigenvalue weighted by molar-refractivity contribution is 0.0338. The van der Waals surface area contributed by atoms with Gasteiger partial charge in [-0.1, -0.05) is 6.07 Å². The van der Waals surface area contributed by atoms with Crippen LogP contribution in [-0.4, -0.2) is 64.1 Å². The van der Waals surface area contributed by atoms with Crippen molar-refractivity contribution in [1.29, 1.82) is 0 Å². The SMILES string of the molecule is COc1ccc2c3c([nH]c2c1)[C@@H](CO)N(C(=O)c1ccc(F)cc1)CC31CCN(Cc2cccnc2)CC1. The first kappa shape index (κ1) is 24.6. The third-order valence-electron chi connectivity index (χ3n) is 8.21. The molecule has 38 heavy (non-hydrogen) atoms. The molecule has 0 saturated carbocycles. The lowest BCUT2D eigenvalue weighted by Crippen LogP contribution is -2.55. The highest BCUT2D eigenvalue weighted by molar-refractivity contribution is 5.96. The first-order chi connectivity index (χ1) is 18.5. The Hall–Kier alpha value is -3.75. The quantitative estimate of drug-likeness (QED) is 0.412. The monoisotopic (exact) mass is 514 g/mol. The van der Waals surface area contributed by atoms with Crippen molar-refractivity contribution >= 4 is 16.8 Å². The van der Waals surface area contributed by atoms with Crippen molar-refractivity contribution in [3.8, 4) is 5.75 Å². The number of rotatable bonds is 5. The number of hydrogen-bond donors (Lipinski definition) is 2. The van der Waals surface area contributed by atoms with Crippen LogP contribution in [0.15, 0.2) is 67.0 Å². The number of likely N-dealkylation sites (tertiary alicyclic amines) is 1. The number of ether oxygens (including phenoxy) is 1. The zero-order chi connectivity index (χ0) is 26.3. The van der Waals surface area contributed by atoms with Gasteiger partial charge in [0.1, 0.15) is 11.6 Å². The Morgan fingerprint density at radius 2 is 1.97 bits per heavy atom. The maximum Gasteiger partial charge on any atom is 0.254 e. The number of aliphatic hydroxyl groups is 1. The van der Waals surface area contributed by atoms with Gasteiger partial charge in [-0.15, -0.1) is 0 Å². The molecule has 2 aliphatic rings. The van der Waals surface area contributed by atoms with Gasteiger partial charge in [0.25, 0.3) is 5.91 Å². The summed E-state index contributed by atoms with van der Waals surface area (Å²) < 4.78 is 19.1. The number of fused-ring (bicyclic) bond motifs is 4. The second-order valence-electron chi connectivity index (χ2n) is 10.4. The Morgan fingerprint density at radius 3 is 2.66 bits per heavy atom. The second-order valence-corrected chi connectivity index (χ2v) is 10.4. The summed E-state index contributed by atoms with van der Waals surface area (Å²) in [6.45, 7) is 2.85. The van der Waals surface area contributed by atoms with Crippen molar-refractivity contribution in [2.24, 2.45) is 0 Å². The number of hydrogen-bond acceptors (Lipinski definition) is 5. The van der Waals surface area contributed by atoms with E-state index in [2.05, 4.69) is 27.0 Å². The van der Waals surface area contributed by atoms with Crippen LogP contribution in [0.1, 0.15) is 46.1 Å². The molecule has 196 valence electrons. The lowest BCUT2D eigenvalue weighted by atomic mass is 9.68. The number of amides is 1. The molecule has 4 heterocycles. The average molecular weight is 515 g/mol. The van der Waals surface area contributed by atoms with E-state index >= 15 is 0 Å². The van der Waals surface area contributed by atoms with Gasteiger partial charge in [0.15, 0.2) is 0 Å². The van der Waals surface area contributed by atoms with Gasteiger partial charge in [-0.3, -0.25) is 14.7 Å². The van der Waals surface area contributed by atoms with Gasteiger partial charge in [-0.2, -0.15) is 0 Å². The predicted octanol–water partition coefficient (Wildman–Crippen LogP) is 4.43. The second kappa shape index (κ2) is 9.85. The van der Waals surface area contributed by atoms with Gasteiger partial charge < -0.3 is 19.7 Å². The molecule has 0 bridgehead atoms. The number of aromatic amines is 1. The van der Waals surface area contributed by atoms with Crippen molar-refractivity contribution in [3.05, 3.63) is 95.2 Å². The van der Waals surface area contributed by atoms with Crippen LogP contribution in [0.5, 0.6) is 5.75 Å². The van der Waals surface area contributed by atoms with Crippen LogP contribution in [0.25, 0.3) is 10.9 Å². The standard InChI is InChI=1S/C30H31FN4O3/c1-38-23-8-9-24-25(15-23)33-28-26(18-36)35(29(37)21-4-6-22(31)7-5-21)19-30(27(24)28)10-13-34(14-11-30)17-20-3-2-12-32-16-20/h2-9,12,15-16,26,33,36H,10-11,13-14,17-19H2,1H3/t26-/m1/s1. The number of H-pyrrole nitrogens is 1. The van der Waals surface area contributed by atoms with Crippen LogP contribution in [0.3, 0.4) is 0 Å². The molecule has 4 aromatic rings. The van der Waals surface area contributed by atoms with E-state index in [-0.39, 0.29) is 23.7 Å². The van der Waals surface area contributed by atoms with Gasteiger partial charge in [-0.05, 0) is 79.5 Å². The van der Waals surface area contributed by atoms with E-state index in [9.17, 15) is 14.3 Å². The van der Waals surface area contributed by atoms with E-state index < -0.39 is 6.04 Å². The molecule has 6 rings (SSSR count). The van der Waals surface area contributed by atoms with E-state index in [0.717, 1.165) is 54.8 Å². The molecule has 1 atom stereocenters. The van der Waals surface area contributed by atoms with Crippen LogP contribution in [0, 0.1) is 5.82 Å². The summed E-state index contributed by atoms with van der Waals surface area (Å²) in [7, 11) is 1.64. The number of carbonyl (C=O) groups is 1. The number of methoxy groups -OCH3 is 1.